The molecule has 0 aliphatic heterocycles. The van der Waals surface area contributed by atoms with E-state index >= 15 is 0 Å². The van der Waals surface area contributed by atoms with Crippen molar-refractivity contribution >= 4 is 5.95 Å². The Morgan fingerprint density at radius 2 is 2.06 bits per heavy atom. The van der Waals surface area contributed by atoms with Crippen molar-refractivity contribution in [3.63, 3.8) is 0 Å². The maximum Gasteiger partial charge on any atom is 0.226 e. The number of anilines is 1. The third-order valence-electron chi connectivity index (χ3n) is 2.66. The van der Waals surface area contributed by atoms with E-state index in [1.165, 1.54) is 0 Å². The second kappa shape index (κ2) is 7.16. The fourth-order valence-corrected chi connectivity index (χ4v) is 1.52. The maximum absolute atomic E-state index is 5.47. The number of hydrogen-bond acceptors (Lipinski definition) is 5. The van der Waals surface area contributed by atoms with Gasteiger partial charge in [0.15, 0.2) is 0 Å². The molecule has 1 atom stereocenters. The Bertz CT molecular complexity index is 369. The number of hydrogen-bond donors (Lipinski definition) is 1. The summed E-state index contributed by atoms with van der Waals surface area (Å²) in [4.78, 5) is 8.64. The van der Waals surface area contributed by atoms with E-state index in [9.17, 15) is 0 Å². The molecule has 1 N–H and O–H groups in total. The first-order valence-electron chi connectivity index (χ1n) is 6.30. The van der Waals surface area contributed by atoms with Crippen molar-refractivity contribution in [1.82, 2.24) is 9.97 Å². The van der Waals surface area contributed by atoms with Crippen molar-refractivity contribution in [3.8, 4) is 5.88 Å². The maximum atomic E-state index is 5.47. The molecule has 0 spiro atoms. The lowest BCUT2D eigenvalue weighted by Crippen LogP contribution is -2.31. The van der Waals surface area contributed by atoms with Gasteiger partial charge in [-0.3, -0.25) is 0 Å². The molecule has 0 saturated heterocycles. The summed E-state index contributed by atoms with van der Waals surface area (Å²) in [5.41, 5.74) is 0.878. The fraction of sp³-hybridized carbons (Fsp3) is 0.692. The molecule has 1 unspecified atom stereocenters. The highest BCUT2D eigenvalue weighted by atomic mass is 16.5. The van der Waals surface area contributed by atoms with Gasteiger partial charge in [-0.2, -0.15) is 4.98 Å². The van der Waals surface area contributed by atoms with Crippen molar-refractivity contribution in [2.45, 2.75) is 33.7 Å². The molecular formula is C13H23N3O2. The lowest BCUT2D eigenvalue weighted by Gasteiger charge is -2.22. The van der Waals surface area contributed by atoms with Crippen LogP contribution in [0, 0.1) is 12.8 Å². The summed E-state index contributed by atoms with van der Waals surface area (Å²) in [6.07, 6.45) is 0. The molecule has 0 saturated carbocycles. The van der Waals surface area contributed by atoms with Crippen molar-refractivity contribution in [2.24, 2.45) is 5.92 Å². The fourth-order valence-electron chi connectivity index (χ4n) is 1.52. The smallest absolute Gasteiger partial charge is 0.226 e. The highest BCUT2D eigenvalue weighted by Crippen LogP contribution is 2.14. The Balaban J connectivity index is 2.76. The van der Waals surface area contributed by atoms with E-state index in [1.807, 2.05) is 13.8 Å². The lowest BCUT2D eigenvalue weighted by atomic mass is 10.1. The van der Waals surface area contributed by atoms with Crippen LogP contribution < -0.4 is 10.1 Å². The Morgan fingerprint density at radius 3 is 2.61 bits per heavy atom. The van der Waals surface area contributed by atoms with Gasteiger partial charge in [-0.05, 0) is 19.8 Å². The van der Waals surface area contributed by atoms with Crippen LogP contribution in [0.5, 0.6) is 5.88 Å². The van der Waals surface area contributed by atoms with Gasteiger partial charge in [-0.15, -0.1) is 0 Å². The molecular weight excluding hydrogens is 230 g/mol. The molecule has 0 aliphatic carbocycles. The summed E-state index contributed by atoms with van der Waals surface area (Å²) in [5.74, 6) is 1.60. The summed E-state index contributed by atoms with van der Waals surface area (Å²) in [7, 11) is 1.60. The van der Waals surface area contributed by atoms with E-state index in [0.717, 1.165) is 5.69 Å². The SMILES string of the molecule is CCOCC(Nc1nc(C)cc(OC)n1)C(C)C. The van der Waals surface area contributed by atoms with E-state index in [1.54, 1.807) is 13.2 Å². The number of nitrogens with zero attached hydrogens (tertiary/aromatic N) is 2. The largest absolute Gasteiger partial charge is 0.481 e. The van der Waals surface area contributed by atoms with E-state index in [0.29, 0.717) is 31.0 Å². The van der Waals surface area contributed by atoms with Gasteiger partial charge < -0.3 is 14.8 Å². The number of nitrogens with one attached hydrogen (secondary N) is 1. The van der Waals surface area contributed by atoms with Crippen molar-refractivity contribution in [1.29, 1.82) is 0 Å². The van der Waals surface area contributed by atoms with Crippen molar-refractivity contribution in [2.75, 3.05) is 25.6 Å². The monoisotopic (exact) mass is 253 g/mol. The molecule has 1 rings (SSSR count). The third-order valence-corrected chi connectivity index (χ3v) is 2.66. The molecule has 5 nitrogen and oxygen atoms in total. The van der Waals surface area contributed by atoms with Gasteiger partial charge in [0.1, 0.15) is 0 Å². The van der Waals surface area contributed by atoms with Crippen LogP contribution in [0.1, 0.15) is 26.5 Å². The average molecular weight is 253 g/mol. The van der Waals surface area contributed by atoms with Crippen molar-refractivity contribution in [3.05, 3.63) is 11.8 Å². The summed E-state index contributed by atoms with van der Waals surface area (Å²) in [6, 6.07) is 1.99. The highest BCUT2D eigenvalue weighted by Gasteiger charge is 2.15. The second-order valence-corrected chi connectivity index (χ2v) is 4.53. The normalized spacial score (nSPS) is 12.6. The molecule has 1 aromatic rings. The molecule has 0 fully saturated rings. The molecule has 0 aromatic carbocycles. The molecule has 0 aliphatic rings. The molecule has 102 valence electrons. The van der Waals surface area contributed by atoms with E-state index in [4.69, 9.17) is 9.47 Å². The zero-order valence-electron chi connectivity index (χ0n) is 11.9. The minimum absolute atomic E-state index is 0.191. The first kappa shape index (κ1) is 14.7. The number of ether oxygens (including phenoxy) is 2. The standard InChI is InChI=1S/C13H23N3O2/c1-6-18-8-11(9(2)3)15-13-14-10(4)7-12(16-13)17-5/h7,9,11H,6,8H2,1-5H3,(H,14,15,16). The van der Waals surface area contributed by atoms with Crippen molar-refractivity contribution < 1.29 is 9.47 Å². The van der Waals surface area contributed by atoms with Gasteiger partial charge in [-0.25, -0.2) is 4.98 Å². The van der Waals surface area contributed by atoms with Crippen LogP contribution in [-0.4, -0.2) is 36.3 Å². The van der Waals surface area contributed by atoms with Gasteiger partial charge in [0, 0.05) is 18.4 Å². The summed E-state index contributed by atoms with van der Waals surface area (Å²) < 4.78 is 10.6. The lowest BCUT2D eigenvalue weighted by molar-refractivity contribution is 0.126. The third kappa shape index (κ3) is 4.49. The molecule has 0 radical (unpaired) electrons. The summed E-state index contributed by atoms with van der Waals surface area (Å²) in [6.45, 7) is 9.55. The van der Waals surface area contributed by atoms with Gasteiger partial charge in [0.25, 0.3) is 0 Å². The minimum atomic E-state index is 0.191. The van der Waals surface area contributed by atoms with Crippen LogP contribution in [-0.2, 0) is 4.74 Å². The predicted octanol–water partition coefficient (Wildman–Crippen LogP) is 2.27. The van der Waals surface area contributed by atoms with Crippen LogP contribution in [0.4, 0.5) is 5.95 Å². The Labute approximate surface area is 109 Å². The molecule has 1 aromatic heterocycles. The summed E-state index contributed by atoms with van der Waals surface area (Å²) >= 11 is 0. The Hall–Kier alpha value is -1.36. The van der Waals surface area contributed by atoms with Crippen LogP contribution in [0.25, 0.3) is 0 Å². The quantitative estimate of drug-likeness (QED) is 0.807. The minimum Gasteiger partial charge on any atom is -0.481 e. The number of aryl methyl sites for hydroxylation is 1. The number of aromatic nitrogens is 2. The first-order chi connectivity index (χ1) is 8.56. The Kier molecular flexibility index (Phi) is 5.85. The second-order valence-electron chi connectivity index (χ2n) is 4.53. The Morgan fingerprint density at radius 1 is 1.33 bits per heavy atom. The van der Waals surface area contributed by atoms with E-state index in [2.05, 4.69) is 29.1 Å². The molecule has 1 heterocycles. The molecule has 18 heavy (non-hydrogen) atoms. The van der Waals surface area contributed by atoms with Crippen LogP contribution in [0.15, 0.2) is 6.07 Å². The van der Waals surface area contributed by atoms with Gasteiger partial charge in [-0.1, -0.05) is 13.8 Å². The van der Waals surface area contributed by atoms with Crippen LogP contribution in [0.3, 0.4) is 0 Å². The number of rotatable bonds is 7. The summed E-state index contributed by atoms with van der Waals surface area (Å²) in [5, 5.41) is 3.30. The average Bonchev–Trinajstić information content (AvgIpc) is 2.33. The predicted molar refractivity (Wildman–Crippen MR) is 72.1 cm³/mol. The van der Waals surface area contributed by atoms with Gasteiger partial charge >= 0.3 is 0 Å². The van der Waals surface area contributed by atoms with E-state index < -0.39 is 0 Å². The van der Waals surface area contributed by atoms with Crippen LogP contribution in [0.2, 0.25) is 0 Å². The topological polar surface area (TPSA) is 56.3 Å². The molecule has 5 heteroatoms. The zero-order chi connectivity index (χ0) is 13.5. The number of methoxy groups -OCH3 is 1. The molecule has 0 bridgehead atoms. The molecule has 0 amide bonds. The van der Waals surface area contributed by atoms with Crippen LogP contribution >= 0.6 is 0 Å². The first-order valence-corrected chi connectivity index (χ1v) is 6.30. The highest BCUT2D eigenvalue weighted by molar-refractivity contribution is 5.31. The zero-order valence-corrected chi connectivity index (χ0v) is 11.9. The van der Waals surface area contributed by atoms with E-state index in [-0.39, 0.29) is 6.04 Å². The van der Waals surface area contributed by atoms with Gasteiger partial charge in [0.05, 0.1) is 19.8 Å². The van der Waals surface area contributed by atoms with Gasteiger partial charge in [0.2, 0.25) is 11.8 Å².